The molecule has 19 heavy (non-hydrogen) atoms. The fourth-order valence-corrected chi connectivity index (χ4v) is 3.12. The molecule has 0 fully saturated rings. The fourth-order valence-electron chi connectivity index (χ4n) is 2.46. The molecule has 0 spiro atoms. The molecule has 3 aromatic rings. The summed E-state index contributed by atoms with van der Waals surface area (Å²) in [7, 11) is 1.96. The molecule has 0 amide bonds. The number of H-pyrrole nitrogens is 1. The van der Waals surface area contributed by atoms with E-state index >= 15 is 0 Å². The number of nitrogens with one attached hydrogen (secondary N) is 2. The van der Waals surface area contributed by atoms with Crippen LogP contribution in [0.15, 0.2) is 22.8 Å². The first-order valence-corrected chi connectivity index (χ1v) is 7.36. The summed E-state index contributed by atoms with van der Waals surface area (Å²) in [6.45, 7) is 3.11. The largest absolute Gasteiger partial charge is 0.326 e. The second-order valence-electron chi connectivity index (χ2n) is 4.66. The molecular formula is C14H17BrN4. The Morgan fingerprint density at radius 1 is 1.42 bits per heavy atom. The summed E-state index contributed by atoms with van der Waals surface area (Å²) < 4.78 is 3.23. The second-order valence-corrected chi connectivity index (χ2v) is 5.41. The van der Waals surface area contributed by atoms with Crippen molar-refractivity contribution in [2.24, 2.45) is 0 Å². The van der Waals surface area contributed by atoms with E-state index in [0.717, 1.165) is 40.8 Å². The Balaban J connectivity index is 2.22. The monoisotopic (exact) mass is 320 g/mol. The van der Waals surface area contributed by atoms with Crippen molar-refractivity contribution in [2.75, 3.05) is 13.6 Å². The third kappa shape index (κ3) is 1.97. The maximum absolute atomic E-state index is 4.73. The molecule has 4 nitrogen and oxygen atoms in total. The molecule has 0 atom stereocenters. The summed E-state index contributed by atoms with van der Waals surface area (Å²) in [5, 5.41) is 3.16. The maximum atomic E-state index is 4.73. The first-order chi connectivity index (χ1) is 9.26. The SMILES string of the molecule is CCc1cccc2c1nc1[nH]c(CCNC)c(Br)n12. The number of para-hydroxylation sites is 1. The highest BCUT2D eigenvalue weighted by Gasteiger charge is 2.14. The van der Waals surface area contributed by atoms with Gasteiger partial charge >= 0.3 is 0 Å². The summed E-state index contributed by atoms with van der Waals surface area (Å²) in [6.07, 6.45) is 1.96. The molecular weight excluding hydrogens is 304 g/mol. The van der Waals surface area contributed by atoms with Crippen molar-refractivity contribution < 1.29 is 0 Å². The van der Waals surface area contributed by atoms with Gasteiger partial charge in [-0.15, -0.1) is 0 Å². The predicted octanol–water partition coefficient (Wildman–Crippen LogP) is 2.90. The number of benzene rings is 1. The zero-order valence-electron chi connectivity index (χ0n) is 11.1. The van der Waals surface area contributed by atoms with Crippen LogP contribution < -0.4 is 5.32 Å². The lowest BCUT2D eigenvalue weighted by atomic mass is 10.1. The Bertz CT molecular complexity index is 726. The summed E-state index contributed by atoms with van der Waals surface area (Å²) in [5.74, 6) is 0.911. The van der Waals surface area contributed by atoms with Crippen molar-refractivity contribution in [2.45, 2.75) is 19.8 Å². The molecule has 3 rings (SSSR count). The summed E-state index contributed by atoms with van der Waals surface area (Å²) >= 11 is 3.69. The molecule has 0 aliphatic carbocycles. The average molecular weight is 321 g/mol. The van der Waals surface area contributed by atoms with Crippen molar-refractivity contribution in [3.8, 4) is 0 Å². The van der Waals surface area contributed by atoms with Crippen LogP contribution in [0.1, 0.15) is 18.2 Å². The number of halogens is 1. The zero-order chi connectivity index (χ0) is 13.4. The van der Waals surface area contributed by atoms with Crippen LogP contribution in [0.5, 0.6) is 0 Å². The van der Waals surface area contributed by atoms with Gasteiger partial charge in [0.1, 0.15) is 4.60 Å². The number of aromatic amines is 1. The van der Waals surface area contributed by atoms with E-state index in [1.807, 2.05) is 7.05 Å². The normalized spacial score (nSPS) is 11.7. The molecule has 0 saturated carbocycles. The summed E-state index contributed by atoms with van der Waals surface area (Å²) in [6, 6.07) is 6.36. The number of likely N-dealkylation sites (N-methyl/N-ethyl adjacent to an activating group) is 1. The number of rotatable bonds is 4. The molecule has 0 radical (unpaired) electrons. The molecule has 5 heteroatoms. The zero-order valence-corrected chi connectivity index (χ0v) is 12.7. The topological polar surface area (TPSA) is 45.1 Å². The highest BCUT2D eigenvalue weighted by Crippen LogP contribution is 2.27. The molecule has 0 saturated heterocycles. The molecule has 2 aromatic heterocycles. The lowest BCUT2D eigenvalue weighted by molar-refractivity contribution is 0.777. The molecule has 2 N–H and O–H groups in total. The standard InChI is InChI=1S/C14H17BrN4/c1-3-9-5-4-6-11-12(9)18-14-17-10(7-8-16-2)13(15)19(11)14/h4-6,16H,3,7-8H2,1-2H3,(H,17,18). The Kier molecular flexibility index (Phi) is 3.33. The van der Waals surface area contributed by atoms with Gasteiger partial charge in [-0.05, 0) is 41.0 Å². The molecule has 0 aliphatic heterocycles. The molecule has 1 aromatic carbocycles. The van der Waals surface area contributed by atoms with Gasteiger partial charge in [-0.25, -0.2) is 4.98 Å². The van der Waals surface area contributed by atoms with Gasteiger partial charge in [0.2, 0.25) is 5.78 Å². The lowest BCUT2D eigenvalue weighted by Crippen LogP contribution is -2.10. The third-order valence-electron chi connectivity index (χ3n) is 3.48. The van der Waals surface area contributed by atoms with Gasteiger partial charge in [0.05, 0.1) is 16.7 Å². The van der Waals surface area contributed by atoms with E-state index in [4.69, 9.17) is 4.98 Å². The number of imidazole rings is 2. The van der Waals surface area contributed by atoms with Gasteiger partial charge in [0.15, 0.2) is 0 Å². The van der Waals surface area contributed by atoms with Crippen LogP contribution in [0.25, 0.3) is 16.8 Å². The van der Waals surface area contributed by atoms with Gasteiger partial charge < -0.3 is 10.3 Å². The third-order valence-corrected chi connectivity index (χ3v) is 4.32. The van der Waals surface area contributed by atoms with Gasteiger partial charge in [-0.1, -0.05) is 19.1 Å². The van der Waals surface area contributed by atoms with Gasteiger partial charge in [0.25, 0.3) is 0 Å². The first-order valence-electron chi connectivity index (χ1n) is 6.57. The summed E-state index contributed by atoms with van der Waals surface area (Å²) in [5.41, 5.74) is 4.73. The van der Waals surface area contributed by atoms with E-state index in [-0.39, 0.29) is 0 Å². The summed E-state index contributed by atoms with van der Waals surface area (Å²) in [4.78, 5) is 8.14. The number of nitrogens with zero attached hydrogens (tertiary/aromatic N) is 2. The Morgan fingerprint density at radius 2 is 2.26 bits per heavy atom. The minimum atomic E-state index is 0.911. The van der Waals surface area contributed by atoms with Crippen LogP contribution in [-0.2, 0) is 12.8 Å². The molecule has 0 aliphatic rings. The van der Waals surface area contributed by atoms with Crippen molar-refractivity contribution >= 4 is 32.7 Å². The Morgan fingerprint density at radius 3 is 3.00 bits per heavy atom. The minimum absolute atomic E-state index is 0.911. The van der Waals surface area contributed by atoms with Crippen molar-refractivity contribution in [3.05, 3.63) is 34.1 Å². The highest BCUT2D eigenvalue weighted by molar-refractivity contribution is 9.10. The quantitative estimate of drug-likeness (QED) is 0.776. The van der Waals surface area contributed by atoms with Gasteiger partial charge in [-0.2, -0.15) is 0 Å². The minimum Gasteiger partial charge on any atom is -0.326 e. The molecule has 100 valence electrons. The van der Waals surface area contributed by atoms with Crippen LogP contribution in [0, 0.1) is 0 Å². The van der Waals surface area contributed by atoms with Gasteiger partial charge in [0, 0.05) is 13.0 Å². The average Bonchev–Trinajstić information content (AvgIpc) is 2.93. The van der Waals surface area contributed by atoms with E-state index in [0.29, 0.717) is 0 Å². The van der Waals surface area contributed by atoms with E-state index in [1.165, 1.54) is 11.3 Å². The maximum Gasteiger partial charge on any atom is 0.213 e. The number of aromatic nitrogens is 3. The lowest BCUT2D eigenvalue weighted by Gasteiger charge is -2.00. The number of hydrogen-bond donors (Lipinski definition) is 2. The number of fused-ring (bicyclic) bond motifs is 3. The van der Waals surface area contributed by atoms with Crippen LogP contribution in [0.3, 0.4) is 0 Å². The second kappa shape index (κ2) is 4.98. The van der Waals surface area contributed by atoms with E-state index in [9.17, 15) is 0 Å². The highest BCUT2D eigenvalue weighted by atomic mass is 79.9. The predicted molar refractivity (Wildman–Crippen MR) is 81.8 cm³/mol. The number of aryl methyl sites for hydroxylation is 1. The van der Waals surface area contributed by atoms with Crippen molar-refractivity contribution in [3.63, 3.8) is 0 Å². The number of hydrogen-bond acceptors (Lipinski definition) is 2. The molecule has 2 heterocycles. The van der Waals surface area contributed by atoms with Crippen molar-refractivity contribution in [1.29, 1.82) is 0 Å². The fraction of sp³-hybridized carbons (Fsp3) is 0.357. The van der Waals surface area contributed by atoms with E-state index in [1.54, 1.807) is 0 Å². The smallest absolute Gasteiger partial charge is 0.213 e. The molecule has 0 unspecified atom stereocenters. The van der Waals surface area contributed by atoms with E-state index in [2.05, 4.69) is 55.8 Å². The first kappa shape index (κ1) is 12.7. The van der Waals surface area contributed by atoms with Crippen LogP contribution in [0.2, 0.25) is 0 Å². The van der Waals surface area contributed by atoms with Crippen LogP contribution in [0.4, 0.5) is 0 Å². The van der Waals surface area contributed by atoms with Crippen LogP contribution in [-0.4, -0.2) is 28.0 Å². The molecule has 0 bridgehead atoms. The Labute approximate surface area is 120 Å². The van der Waals surface area contributed by atoms with E-state index < -0.39 is 0 Å². The van der Waals surface area contributed by atoms with Crippen molar-refractivity contribution in [1.82, 2.24) is 19.7 Å². The Hall–Kier alpha value is -1.33. The van der Waals surface area contributed by atoms with Gasteiger partial charge in [-0.3, -0.25) is 4.40 Å². The van der Waals surface area contributed by atoms with Crippen LogP contribution >= 0.6 is 15.9 Å².